The molecule has 2 heterocycles. The van der Waals surface area contributed by atoms with Crippen molar-refractivity contribution in [3.63, 3.8) is 0 Å². The van der Waals surface area contributed by atoms with Crippen LogP contribution in [0.15, 0.2) is 38.1 Å². The SMILES string of the molecule is Cc1occc1C(N)c1cc2[nH]c(=O)[nH]c2cc1Br. The summed E-state index contributed by atoms with van der Waals surface area (Å²) in [6.07, 6.45) is 1.62. The van der Waals surface area contributed by atoms with Crippen LogP contribution in [0.1, 0.15) is 22.9 Å². The number of nitrogens with one attached hydrogen (secondary N) is 2. The van der Waals surface area contributed by atoms with Crippen molar-refractivity contribution in [2.45, 2.75) is 13.0 Å². The highest BCUT2D eigenvalue weighted by atomic mass is 79.9. The lowest BCUT2D eigenvalue weighted by Gasteiger charge is -2.13. The van der Waals surface area contributed by atoms with Gasteiger partial charge >= 0.3 is 5.69 Å². The molecular weight excluding hydrogens is 310 g/mol. The summed E-state index contributed by atoms with van der Waals surface area (Å²) >= 11 is 3.49. The van der Waals surface area contributed by atoms with Crippen molar-refractivity contribution in [3.8, 4) is 0 Å². The molecule has 0 amide bonds. The maximum Gasteiger partial charge on any atom is 0.323 e. The molecule has 0 bridgehead atoms. The second-order valence-electron chi connectivity index (χ2n) is 4.41. The number of furan rings is 1. The van der Waals surface area contributed by atoms with Gasteiger partial charge in [-0.2, -0.15) is 0 Å². The molecule has 6 heteroatoms. The lowest BCUT2D eigenvalue weighted by molar-refractivity contribution is 0.527. The smallest absolute Gasteiger partial charge is 0.323 e. The highest BCUT2D eigenvalue weighted by Crippen LogP contribution is 2.31. The maximum absolute atomic E-state index is 11.3. The van der Waals surface area contributed by atoms with Crippen LogP contribution >= 0.6 is 15.9 Å². The molecule has 1 aromatic carbocycles. The predicted molar refractivity (Wildman–Crippen MR) is 76.1 cm³/mol. The molecule has 1 atom stereocenters. The number of imidazole rings is 1. The summed E-state index contributed by atoms with van der Waals surface area (Å²) in [6, 6.07) is 5.26. The average Bonchev–Trinajstić information content (AvgIpc) is 2.92. The standard InChI is InChI=1S/C13H12BrN3O2/c1-6-7(2-3-19-6)12(15)8-4-10-11(5-9(8)14)17-13(18)16-10/h2-5,12H,15H2,1H3,(H2,16,17,18). The minimum absolute atomic E-state index is 0.230. The van der Waals surface area contributed by atoms with Crippen LogP contribution in [0.3, 0.4) is 0 Å². The third-order valence-electron chi connectivity index (χ3n) is 3.20. The number of H-pyrrole nitrogens is 2. The highest BCUT2D eigenvalue weighted by molar-refractivity contribution is 9.10. The summed E-state index contributed by atoms with van der Waals surface area (Å²) < 4.78 is 6.13. The monoisotopic (exact) mass is 321 g/mol. The molecule has 2 aromatic heterocycles. The van der Waals surface area contributed by atoms with E-state index in [9.17, 15) is 4.79 Å². The molecule has 0 saturated heterocycles. The van der Waals surface area contributed by atoms with Crippen LogP contribution in [0.5, 0.6) is 0 Å². The first kappa shape index (κ1) is 12.3. The number of nitrogens with two attached hydrogens (primary N) is 1. The van der Waals surface area contributed by atoms with Crippen LogP contribution in [-0.2, 0) is 0 Å². The van der Waals surface area contributed by atoms with Crippen LogP contribution in [0.25, 0.3) is 11.0 Å². The number of aryl methyl sites for hydroxylation is 1. The van der Waals surface area contributed by atoms with Gasteiger partial charge in [0.1, 0.15) is 5.76 Å². The first-order chi connectivity index (χ1) is 9.06. The number of rotatable bonds is 2. The van der Waals surface area contributed by atoms with E-state index in [2.05, 4.69) is 25.9 Å². The number of fused-ring (bicyclic) bond motifs is 1. The fourth-order valence-electron chi connectivity index (χ4n) is 2.20. The predicted octanol–water partition coefficient (Wildman–Crippen LogP) is 2.57. The van der Waals surface area contributed by atoms with Crippen LogP contribution in [0.2, 0.25) is 0 Å². The Kier molecular flexibility index (Phi) is 2.83. The second-order valence-corrected chi connectivity index (χ2v) is 5.26. The lowest BCUT2D eigenvalue weighted by atomic mass is 10.00. The normalized spacial score (nSPS) is 13.0. The van der Waals surface area contributed by atoms with Crippen molar-refractivity contribution >= 4 is 27.0 Å². The third-order valence-corrected chi connectivity index (χ3v) is 3.89. The Morgan fingerprint density at radius 2 is 1.95 bits per heavy atom. The van der Waals surface area contributed by atoms with Gasteiger partial charge in [-0.05, 0) is 30.7 Å². The van der Waals surface area contributed by atoms with Crippen LogP contribution in [0, 0.1) is 6.92 Å². The van der Waals surface area contributed by atoms with Crippen LogP contribution < -0.4 is 11.4 Å². The Labute approximate surface area is 116 Å². The van der Waals surface area contributed by atoms with Crippen molar-refractivity contribution in [1.29, 1.82) is 0 Å². The van der Waals surface area contributed by atoms with Gasteiger partial charge in [0, 0.05) is 10.0 Å². The highest BCUT2D eigenvalue weighted by Gasteiger charge is 2.17. The Hall–Kier alpha value is -1.79. The number of aromatic nitrogens is 2. The van der Waals surface area contributed by atoms with Gasteiger partial charge in [0.25, 0.3) is 0 Å². The van der Waals surface area contributed by atoms with Gasteiger partial charge in [-0.25, -0.2) is 4.79 Å². The molecule has 5 nitrogen and oxygen atoms in total. The zero-order valence-electron chi connectivity index (χ0n) is 10.2. The minimum atomic E-state index is -0.309. The van der Waals surface area contributed by atoms with E-state index < -0.39 is 0 Å². The van der Waals surface area contributed by atoms with Gasteiger partial charge in [0.15, 0.2) is 0 Å². The quantitative estimate of drug-likeness (QED) is 0.677. The van der Waals surface area contributed by atoms with Crippen molar-refractivity contribution < 1.29 is 4.42 Å². The molecule has 19 heavy (non-hydrogen) atoms. The van der Waals surface area contributed by atoms with Crippen molar-refractivity contribution in [3.05, 3.63) is 56.3 Å². The first-order valence-corrected chi connectivity index (χ1v) is 6.56. The van der Waals surface area contributed by atoms with E-state index in [4.69, 9.17) is 10.2 Å². The average molecular weight is 322 g/mol. The van der Waals surface area contributed by atoms with Gasteiger partial charge in [-0.15, -0.1) is 0 Å². The molecule has 0 aliphatic heterocycles. The van der Waals surface area contributed by atoms with Gasteiger partial charge in [-0.1, -0.05) is 15.9 Å². The van der Waals surface area contributed by atoms with Crippen molar-refractivity contribution in [2.75, 3.05) is 0 Å². The van der Waals surface area contributed by atoms with E-state index in [1.54, 1.807) is 6.26 Å². The molecule has 0 saturated carbocycles. The number of hydrogen-bond donors (Lipinski definition) is 3. The number of aromatic amines is 2. The molecule has 0 fully saturated rings. The van der Waals surface area contributed by atoms with Crippen LogP contribution in [0.4, 0.5) is 0 Å². The van der Waals surface area contributed by atoms with Crippen LogP contribution in [-0.4, -0.2) is 9.97 Å². The van der Waals surface area contributed by atoms with Crippen molar-refractivity contribution in [2.24, 2.45) is 5.73 Å². The molecule has 1 unspecified atom stereocenters. The van der Waals surface area contributed by atoms with E-state index in [1.165, 1.54) is 0 Å². The maximum atomic E-state index is 11.3. The van der Waals surface area contributed by atoms with E-state index in [1.807, 2.05) is 25.1 Å². The summed E-state index contributed by atoms with van der Waals surface area (Å²) in [5.74, 6) is 0.794. The molecule has 3 aromatic rings. The Morgan fingerprint density at radius 1 is 1.26 bits per heavy atom. The van der Waals surface area contributed by atoms with Gasteiger partial charge in [-0.3, -0.25) is 0 Å². The Balaban J connectivity index is 2.16. The second kappa shape index (κ2) is 4.40. The summed E-state index contributed by atoms with van der Waals surface area (Å²) in [5, 5.41) is 0. The topological polar surface area (TPSA) is 87.8 Å². The number of hydrogen-bond acceptors (Lipinski definition) is 3. The van der Waals surface area contributed by atoms with E-state index in [-0.39, 0.29) is 11.7 Å². The Bertz CT molecular complexity index is 800. The summed E-state index contributed by atoms with van der Waals surface area (Å²) in [4.78, 5) is 16.7. The van der Waals surface area contributed by atoms with E-state index in [0.29, 0.717) is 0 Å². The van der Waals surface area contributed by atoms with E-state index >= 15 is 0 Å². The fourth-order valence-corrected chi connectivity index (χ4v) is 2.79. The van der Waals surface area contributed by atoms with E-state index in [0.717, 1.165) is 32.4 Å². The van der Waals surface area contributed by atoms with Crippen molar-refractivity contribution in [1.82, 2.24) is 9.97 Å². The van der Waals surface area contributed by atoms with Gasteiger partial charge in [0.05, 0.1) is 23.3 Å². The molecule has 98 valence electrons. The number of benzene rings is 1. The third kappa shape index (κ3) is 2.02. The fraction of sp³-hybridized carbons (Fsp3) is 0.154. The first-order valence-electron chi connectivity index (χ1n) is 5.77. The molecule has 0 spiro atoms. The Morgan fingerprint density at radius 3 is 2.58 bits per heavy atom. The zero-order chi connectivity index (χ0) is 13.6. The molecule has 4 N–H and O–H groups in total. The summed E-state index contributed by atoms with van der Waals surface area (Å²) in [6.45, 7) is 1.87. The summed E-state index contributed by atoms with van der Waals surface area (Å²) in [5.41, 5.74) is 9.35. The zero-order valence-corrected chi connectivity index (χ0v) is 11.7. The minimum Gasteiger partial charge on any atom is -0.469 e. The summed E-state index contributed by atoms with van der Waals surface area (Å²) in [7, 11) is 0. The molecular formula is C13H12BrN3O2. The number of halogens is 1. The molecule has 0 aliphatic carbocycles. The van der Waals surface area contributed by atoms with Gasteiger partial charge in [0.2, 0.25) is 0 Å². The lowest BCUT2D eigenvalue weighted by Crippen LogP contribution is -2.12. The largest absolute Gasteiger partial charge is 0.469 e. The van der Waals surface area contributed by atoms with Gasteiger partial charge < -0.3 is 20.1 Å². The molecule has 3 rings (SSSR count). The molecule has 0 aliphatic rings. The molecule has 0 radical (unpaired) electrons.